The van der Waals surface area contributed by atoms with Gasteiger partial charge in [0.05, 0.1) is 6.04 Å². The Balaban J connectivity index is 1.52. The molecule has 1 aromatic rings. The molecule has 6 nitrogen and oxygen atoms in total. The molecular formula is C12H18N4O2. The monoisotopic (exact) mass is 250 g/mol. The molecule has 1 N–H and O–H groups in total. The van der Waals surface area contributed by atoms with Crippen LogP contribution in [0.2, 0.25) is 0 Å². The van der Waals surface area contributed by atoms with E-state index in [-0.39, 0.29) is 11.9 Å². The molecule has 1 unspecified atom stereocenters. The lowest BCUT2D eigenvalue weighted by atomic mass is 10.0. The summed E-state index contributed by atoms with van der Waals surface area (Å²) in [5, 5.41) is 7.19. The molecule has 0 aromatic carbocycles. The molecule has 1 aliphatic carbocycles. The number of aromatic nitrogens is 2. The number of carbonyl (C=O) groups excluding carboxylic acids is 1. The van der Waals surface area contributed by atoms with Crippen LogP contribution >= 0.6 is 0 Å². The average Bonchev–Trinajstić information content (AvgIpc) is 3.04. The normalized spacial score (nSPS) is 24.6. The van der Waals surface area contributed by atoms with Gasteiger partial charge < -0.3 is 14.7 Å². The standard InChI is InChI=1S/C12H18N4O2/c17-12-10(14-9-3-4-9)2-1-6-16(12)7-5-11-13-8-18-15-11/h8-10,14H,1-7H2. The number of amides is 1. The molecule has 1 aromatic heterocycles. The van der Waals surface area contributed by atoms with E-state index in [2.05, 4.69) is 20.0 Å². The first kappa shape index (κ1) is 11.6. The van der Waals surface area contributed by atoms with E-state index in [9.17, 15) is 4.79 Å². The fourth-order valence-corrected chi connectivity index (χ4v) is 2.39. The highest BCUT2D eigenvalue weighted by Crippen LogP contribution is 2.22. The average molecular weight is 250 g/mol. The molecule has 1 amide bonds. The zero-order chi connectivity index (χ0) is 12.4. The fourth-order valence-electron chi connectivity index (χ4n) is 2.39. The number of likely N-dealkylation sites (tertiary alicyclic amines) is 1. The lowest BCUT2D eigenvalue weighted by molar-refractivity contribution is -0.136. The number of hydrogen-bond acceptors (Lipinski definition) is 5. The van der Waals surface area contributed by atoms with E-state index in [1.807, 2.05) is 4.90 Å². The molecule has 18 heavy (non-hydrogen) atoms. The van der Waals surface area contributed by atoms with Crippen molar-refractivity contribution >= 4 is 5.91 Å². The topological polar surface area (TPSA) is 71.3 Å². The van der Waals surface area contributed by atoms with Crippen LogP contribution in [0.1, 0.15) is 31.5 Å². The second kappa shape index (κ2) is 5.06. The third kappa shape index (κ3) is 2.69. The number of rotatable bonds is 5. The van der Waals surface area contributed by atoms with Crippen LogP contribution in [0.5, 0.6) is 0 Å². The van der Waals surface area contributed by atoms with E-state index in [1.54, 1.807) is 0 Å². The predicted octanol–water partition coefficient (Wildman–Crippen LogP) is 0.355. The van der Waals surface area contributed by atoms with Gasteiger partial charge in [0.25, 0.3) is 0 Å². The first-order chi connectivity index (χ1) is 8.83. The van der Waals surface area contributed by atoms with E-state index < -0.39 is 0 Å². The number of nitrogens with one attached hydrogen (secondary N) is 1. The van der Waals surface area contributed by atoms with E-state index in [0.717, 1.165) is 19.4 Å². The minimum atomic E-state index is 0.0246. The summed E-state index contributed by atoms with van der Waals surface area (Å²) in [6.45, 7) is 1.53. The molecule has 1 atom stereocenters. The second-order valence-corrected chi connectivity index (χ2v) is 5.06. The van der Waals surface area contributed by atoms with Gasteiger partial charge in [-0.25, -0.2) is 0 Å². The SMILES string of the molecule is O=C1C(NC2CC2)CCCN1CCc1ncon1. The summed E-state index contributed by atoms with van der Waals surface area (Å²) in [6, 6.07) is 0.604. The predicted molar refractivity (Wildman–Crippen MR) is 63.8 cm³/mol. The summed E-state index contributed by atoms with van der Waals surface area (Å²) >= 11 is 0. The van der Waals surface area contributed by atoms with Gasteiger partial charge in [0.2, 0.25) is 12.3 Å². The van der Waals surface area contributed by atoms with Gasteiger partial charge in [0.1, 0.15) is 0 Å². The highest BCUT2D eigenvalue weighted by atomic mass is 16.5. The van der Waals surface area contributed by atoms with Gasteiger partial charge in [0, 0.05) is 25.6 Å². The quantitative estimate of drug-likeness (QED) is 0.816. The van der Waals surface area contributed by atoms with Crippen molar-refractivity contribution < 1.29 is 9.32 Å². The molecule has 6 heteroatoms. The Labute approximate surface area is 106 Å². The molecule has 1 aliphatic heterocycles. The van der Waals surface area contributed by atoms with E-state index in [4.69, 9.17) is 0 Å². The Morgan fingerprint density at radius 1 is 1.44 bits per heavy atom. The summed E-state index contributed by atoms with van der Waals surface area (Å²) in [4.78, 5) is 18.1. The maximum absolute atomic E-state index is 12.2. The van der Waals surface area contributed by atoms with Crippen molar-refractivity contribution in [3.8, 4) is 0 Å². The maximum atomic E-state index is 12.2. The Morgan fingerprint density at radius 2 is 2.33 bits per heavy atom. The molecule has 0 spiro atoms. The molecule has 1 saturated carbocycles. The molecule has 2 aliphatic rings. The van der Waals surface area contributed by atoms with Crippen LogP contribution in [-0.4, -0.2) is 46.1 Å². The number of piperidine rings is 1. The Bertz CT molecular complexity index is 402. The van der Waals surface area contributed by atoms with Crippen LogP contribution in [-0.2, 0) is 11.2 Å². The van der Waals surface area contributed by atoms with Gasteiger partial charge in [-0.2, -0.15) is 4.98 Å². The third-order valence-electron chi connectivity index (χ3n) is 3.56. The van der Waals surface area contributed by atoms with Gasteiger partial charge in [0.15, 0.2) is 5.82 Å². The summed E-state index contributed by atoms with van der Waals surface area (Å²) in [7, 11) is 0. The third-order valence-corrected chi connectivity index (χ3v) is 3.56. The van der Waals surface area contributed by atoms with Crippen molar-refractivity contribution in [1.29, 1.82) is 0 Å². The summed E-state index contributed by atoms with van der Waals surface area (Å²) in [5.74, 6) is 0.900. The van der Waals surface area contributed by atoms with E-state index in [1.165, 1.54) is 19.2 Å². The van der Waals surface area contributed by atoms with Crippen molar-refractivity contribution in [1.82, 2.24) is 20.4 Å². The van der Waals surface area contributed by atoms with Gasteiger partial charge in [-0.3, -0.25) is 4.79 Å². The number of hydrogen-bond donors (Lipinski definition) is 1. The summed E-state index contributed by atoms with van der Waals surface area (Å²) in [5.41, 5.74) is 0. The smallest absolute Gasteiger partial charge is 0.239 e. The van der Waals surface area contributed by atoms with Crippen molar-refractivity contribution in [3.05, 3.63) is 12.2 Å². The first-order valence-electron chi connectivity index (χ1n) is 6.63. The van der Waals surface area contributed by atoms with Crippen molar-refractivity contribution in [2.45, 2.75) is 44.2 Å². The molecule has 0 radical (unpaired) electrons. The highest BCUT2D eigenvalue weighted by Gasteiger charge is 2.33. The lowest BCUT2D eigenvalue weighted by Gasteiger charge is -2.32. The number of nitrogens with zero attached hydrogens (tertiary/aromatic N) is 3. The minimum absolute atomic E-state index is 0.0246. The van der Waals surface area contributed by atoms with Gasteiger partial charge in [-0.05, 0) is 25.7 Å². The molecule has 3 rings (SSSR count). The van der Waals surface area contributed by atoms with Crippen LogP contribution in [0, 0.1) is 0 Å². The second-order valence-electron chi connectivity index (χ2n) is 5.06. The first-order valence-corrected chi connectivity index (χ1v) is 6.63. The molecule has 2 heterocycles. The van der Waals surface area contributed by atoms with Crippen molar-refractivity contribution in [3.63, 3.8) is 0 Å². The summed E-state index contributed by atoms with van der Waals surface area (Å²) < 4.78 is 4.69. The molecular weight excluding hydrogens is 232 g/mol. The van der Waals surface area contributed by atoms with E-state index in [0.29, 0.717) is 24.8 Å². The largest absolute Gasteiger partial charge is 0.343 e. The van der Waals surface area contributed by atoms with Crippen molar-refractivity contribution in [2.24, 2.45) is 0 Å². The number of carbonyl (C=O) groups is 1. The van der Waals surface area contributed by atoms with Crippen LogP contribution < -0.4 is 5.32 Å². The Morgan fingerprint density at radius 3 is 3.06 bits per heavy atom. The summed E-state index contributed by atoms with van der Waals surface area (Å²) in [6.07, 6.45) is 6.46. The highest BCUT2D eigenvalue weighted by molar-refractivity contribution is 5.82. The minimum Gasteiger partial charge on any atom is -0.343 e. The van der Waals surface area contributed by atoms with Gasteiger partial charge >= 0.3 is 0 Å². The zero-order valence-corrected chi connectivity index (χ0v) is 10.3. The molecule has 2 fully saturated rings. The van der Waals surface area contributed by atoms with Crippen LogP contribution in [0.3, 0.4) is 0 Å². The van der Waals surface area contributed by atoms with E-state index >= 15 is 0 Å². The van der Waals surface area contributed by atoms with Crippen molar-refractivity contribution in [2.75, 3.05) is 13.1 Å². The molecule has 98 valence electrons. The van der Waals surface area contributed by atoms with Crippen LogP contribution in [0.4, 0.5) is 0 Å². The zero-order valence-electron chi connectivity index (χ0n) is 10.3. The van der Waals surface area contributed by atoms with Gasteiger partial charge in [-0.15, -0.1) is 0 Å². The van der Waals surface area contributed by atoms with Gasteiger partial charge in [-0.1, -0.05) is 5.16 Å². The molecule has 1 saturated heterocycles. The lowest BCUT2D eigenvalue weighted by Crippen LogP contribution is -2.51. The van der Waals surface area contributed by atoms with Crippen LogP contribution in [0.15, 0.2) is 10.9 Å². The molecule has 0 bridgehead atoms. The fraction of sp³-hybridized carbons (Fsp3) is 0.750. The Kier molecular flexibility index (Phi) is 3.27. The maximum Gasteiger partial charge on any atom is 0.239 e. The van der Waals surface area contributed by atoms with Crippen LogP contribution in [0.25, 0.3) is 0 Å². The Hall–Kier alpha value is -1.43.